The molecule has 2 heterocycles. The average Bonchev–Trinajstić information content (AvgIpc) is 3.98. The number of carbonyl (C=O) groups is 2. The van der Waals surface area contributed by atoms with E-state index in [1.165, 1.54) is 22.3 Å². The molecule has 8 aliphatic rings. The van der Waals surface area contributed by atoms with Gasteiger partial charge in [-0.05, 0) is 131 Å². The highest BCUT2D eigenvalue weighted by Gasteiger charge is 2.63. The Kier molecular flexibility index (Phi) is 10.1. The number of aliphatic hydroxyl groups is 2. The zero-order valence-corrected chi connectivity index (χ0v) is 35.6. The number of fused-ring (bicyclic) bond motifs is 10. The molecule has 6 nitrogen and oxygen atoms in total. The molecule has 6 heteroatoms. The Bertz CT molecular complexity index is 2160. The number of furan rings is 2. The molecule has 10 rings (SSSR count). The van der Waals surface area contributed by atoms with Gasteiger partial charge >= 0.3 is 0 Å². The first kappa shape index (κ1) is 40.8. The van der Waals surface area contributed by atoms with E-state index in [9.17, 15) is 19.8 Å². The minimum Gasteiger partial charge on any atom is -0.470 e. The van der Waals surface area contributed by atoms with E-state index in [-0.39, 0.29) is 39.1 Å². The van der Waals surface area contributed by atoms with Gasteiger partial charge in [0, 0.05) is 46.3 Å². The number of allylic oxidation sites excluding steroid dienone is 10. The van der Waals surface area contributed by atoms with Gasteiger partial charge in [-0.25, -0.2) is 0 Å². The van der Waals surface area contributed by atoms with Crippen molar-refractivity contribution in [2.24, 2.45) is 45.3 Å². The molecule has 0 amide bonds. The van der Waals surface area contributed by atoms with E-state index >= 15 is 0 Å². The second-order valence-electron chi connectivity index (χ2n) is 19.9. The number of carbonyl (C=O) groups excluding carboxylic acids is 2. The highest BCUT2D eigenvalue weighted by Crippen LogP contribution is 2.69. The van der Waals surface area contributed by atoms with Crippen molar-refractivity contribution in [1.29, 1.82) is 0 Å². The van der Waals surface area contributed by atoms with Gasteiger partial charge in [-0.3, -0.25) is 9.59 Å². The summed E-state index contributed by atoms with van der Waals surface area (Å²) < 4.78 is 11.0. The van der Waals surface area contributed by atoms with Gasteiger partial charge in [0.05, 0.1) is 17.5 Å². The molecular weight excluding hydrogens is 721 g/mol. The highest BCUT2D eigenvalue weighted by atomic mass is 16.3. The van der Waals surface area contributed by atoms with Crippen molar-refractivity contribution in [1.82, 2.24) is 0 Å². The smallest absolute Gasteiger partial charge is 0.156 e. The first-order valence-electron chi connectivity index (χ1n) is 21.8. The maximum atomic E-state index is 12.3. The van der Waals surface area contributed by atoms with Crippen LogP contribution in [-0.4, -0.2) is 33.0 Å². The van der Waals surface area contributed by atoms with Gasteiger partial charge in [0.15, 0.2) is 11.6 Å². The zero-order chi connectivity index (χ0) is 41.5. The molecule has 58 heavy (non-hydrogen) atoms. The monoisotopic (exact) mass is 784 g/mol. The van der Waals surface area contributed by atoms with E-state index in [4.69, 9.17) is 8.83 Å². The predicted molar refractivity (Wildman–Crippen MR) is 229 cm³/mol. The van der Waals surface area contributed by atoms with E-state index in [0.29, 0.717) is 36.5 Å². The fourth-order valence-corrected chi connectivity index (χ4v) is 13.3. The number of hydrogen-bond donors (Lipinski definition) is 2. The van der Waals surface area contributed by atoms with Crippen LogP contribution >= 0.6 is 0 Å². The van der Waals surface area contributed by atoms with Crippen LogP contribution in [0.25, 0.3) is 0 Å². The largest absolute Gasteiger partial charge is 0.470 e. The van der Waals surface area contributed by atoms with Crippen molar-refractivity contribution >= 4 is 11.6 Å². The van der Waals surface area contributed by atoms with E-state index in [0.717, 1.165) is 75.1 Å². The first-order chi connectivity index (χ1) is 27.4. The summed E-state index contributed by atoms with van der Waals surface area (Å²) in [5.41, 5.74) is 3.48. The number of aryl methyl sites for hydroxylation is 2. The van der Waals surface area contributed by atoms with Gasteiger partial charge in [0.1, 0.15) is 17.3 Å². The topological polar surface area (TPSA) is 101 Å². The summed E-state index contributed by atoms with van der Waals surface area (Å²) >= 11 is 0. The lowest BCUT2D eigenvalue weighted by molar-refractivity contribution is -0.116. The van der Waals surface area contributed by atoms with Crippen LogP contribution in [0.2, 0.25) is 0 Å². The van der Waals surface area contributed by atoms with E-state index in [2.05, 4.69) is 71.2 Å². The summed E-state index contributed by atoms with van der Waals surface area (Å²) in [5, 5.41) is 22.5. The molecule has 8 aliphatic carbocycles. The van der Waals surface area contributed by atoms with Gasteiger partial charge in [-0.15, -0.1) is 13.2 Å². The molecule has 0 aliphatic heterocycles. The van der Waals surface area contributed by atoms with E-state index in [1.54, 1.807) is 18.4 Å². The lowest BCUT2D eigenvalue weighted by Crippen LogP contribution is -2.51. The molecule has 0 aromatic carbocycles. The van der Waals surface area contributed by atoms with Gasteiger partial charge < -0.3 is 19.0 Å². The second-order valence-corrected chi connectivity index (χ2v) is 19.9. The van der Waals surface area contributed by atoms with Crippen molar-refractivity contribution in [3.63, 3.8) is 0 Å². The Balaban J connectivity index is 0.000000144. The van der Waals surface area contributed by atoms with Gasteiger partial charge in [-0.1, -0.05) is 80.9 Å². The van der Waals surface area contributed by atoms with Crippen LogP contribution in [0.1, 0.15) is 122 Å². The first-order valence-corrected chi connectivity index (χ1v) is 21.8. The lowest BCUT2D eigenvalue weighted by Gasteiger charge is -2.56. The molecular formula is C52H64O6. The molecule has 2 N–H and O–H groups in total. The Morgan fingerprint density at radius 1 is 0.759 bits per heavy atom. The van der Waals surface area contributed by atoms with Gasteiger partial charge in [0.25, 0.3) is 0 Å². The summed E-state index contributed by atoms with van der Waals surface area (Å²) in [6.45, 7) is 20.9. The highest BCUT2D eigenvalue weighted by molar-refractivity contribution is 5.93. The van der Waals surface area contributed by atoms with Crippen LogP contribution in [0, 0.1) is 59.2 Å². The SMILES string of the molecule is C=C[C@]1(O)CCC2C3C(=CC[C@@]21C)[C@@]1(C)CCC(=O)C=C1C[C@H]3c1ccc(C)o1.C=C[C@]1(O)CCC2C3C=CC4=CC(=O)CC[C@]4(C)C3=CC[C@@]21C.Cc1ccco1. The lowest BCUT2D eigenvalue weighted by atomic mass is 9.48. The van der Waals surface area contributed by atoms with Crippen LogP contribution in [0.15, 0.2) is 123 Å². The maximum absolute atomic E-state index is 12.3. The Hall–Kier alpha value is -4.00. The molecule has 2 aromatic rings. The van der Waals surface area contributed by atoms with Crippen molar-refractivity contribution in [3.8, 4) is 0 Å². The van der Waals surface area contributed by atoms with Crippen molar-refractivity contribution in [3.05, 3.63) is 132 Å². The van der Waals surface area contributed by atoms with Crippen LogP contribution in [0.4, 0.5) is 0 Å². The molecule has 2 aromatic heterocycles. The predicted octanol–water partition coefficient (Wildman–Crippen LogP) is 11.4. The Labute approximate surface area is 345 Å². The molecule has 11 atom stereocenters. The second kappa shape index (κ2) is 14.3. The van der Waals surface area contributed by atoms with Crippen LogP contribution in [-0.2, 0) is 9.59 Å². The zero-order valence-electron chi connectivity index (χ0n) is 35.6. The quantitative estimate of drug-likeness (QED) is 0.301. The third-order valence-electron chi connectivity index (χ3n) is 17.2. The molecule has 0 saturated heterocycles. The van der Waals surface area contributed by atoms with Gasteiger partial charge in [-0.2, -0.15) is 0 Å². The van der Waals surface area contributed by atoms with E-state index in [1.807, 2.05) is 44.2 Å². The maximum Gasteiger partial charge on any atom is 0.156 e. The van der Waals surface area contributed by atoms with E-state index < -0.39 is 11.2 Å². The fourth-order valence-electron chi connectivity index (χ4n) is 13.3. The number of hydrogen-bond acceptors (Lipinski definition) is 6. The van der Waals surface area contributed by atoms with Crippen LogP contribution in [0.3, 0.4) is 0 Å². The minimum absolute atomic E-state index is 0.00351. The molecule has 3 fully saturated rings. The van der Waals surface area contributed by atoms with Crippen LogP contribution < -0.4 is 0 Å². The third kappa shape index (κ3) is 6.09. The standard InChI is InChI=1S/C26H32O3.C21H26O2.C5H6O/c1-5-26(28)13-10-21-23-19(22-7-6-16(2)29-22)15-17-14-18(27)8-11-24(17,3)20(23)9-12-25(21,26)4;1-4-21(23)12-9-18-16-6-5-14-13-15(22)7-10-19(14,2)17(16)8-11-20(18,21)3;1-5-3-2-4-6-5/h5-7,9,14,19,21,23,28H,1,8,10-13,15H2,2-4H3;4-6,8,13,16,18,23H,1,7,9-12H2,2-3H3;2-4H,1H3/t19-,21?,23?,24-,25-,26-;16?,18?,19-,20-,21-;/m00./s1. The minimum atomic E-state index is -0.817. The summed E-state index contributed by atoms with van der Waals surface area (Å²) in [7, 11) is 0. The molecule has 308 valence electrons. The Morgan fingerprint density at radius 3 is 1.97 bits per heavy atom. The van der Waals surface area contributed by atoms with Crippen molar-refractivity contribution in [2.45, 2.75) is 129 Å². The molecule has 4 unspecified atom stereocenters. The summed E-state index contributed by atoms with van der Waals surface area (Å²) in [6, 6.07) is 7.95. The number of ketones is 2. The normalized spacial score (nSPS) is 41.8. The molecule has 0 bridgehead atoms. The summed E-state index contributed by atoms with van der Waals surface area (Å²) in [4.78, 5) is 24.1. The van der Waals surface area contributed by atoms with Crippen molar-refractivity contribution in [2.75, 3.05) is 0 Å². The number of rotatable bonds is 3. The van der Waals surface area contributed by atoms with Crippen molar-refractivity contribution < 1.29 is 28.6 Å². The average molecular weight is 785 g/mol. The third-order valence-corrected chi connectivity index (χ3v) is 17.2. The summed E-state index contributed by atoms with van der Waals surface area (Å²) in [5.74, 6) is 5.22. The Morgan fingerprint density at radius 2 is 1.38 bits per heavy atom. The molecule has 0 spiro atoms. The molecule has 0 radical (unpaired) electrons. The van der Waals surface area contributed by atoms with Gasteiger partial charge in [0.2, 0.25) is 0 Å². The van der Waals surface area contributed by atoms with Crippen LogP contribution in [0.5, 0.6) is 0 Å². The summed E-state index contributed by atoms with van der Waals surface area (Å²) in [6.07, 6.45) is 27.6. The fraction of sp³-hybridized carbons (Fsp3) is 0.538. The molecule has 3 saturated carbocycles.